The molecule has 2 N–H and O–H groups in total. The van der Waals surface area contributed by atoms with E-state index in [-0.39, 0.29) is 53.1 Å². The van der Waals surface area contributed by atoms with Crippen LogP contribution < -0.4 is 5.32 Å². The van der Waals surface area contributed by atoms with Crippen LogP contribution in [-0.2, 0) is 14.3 Å². The van der Waals surface area contributed by atoms with Crippen molar-refractivity contribution in [3.8, 4) is 0 Å². The topological polar surface area (TPSA) is 95.9 Å². The van der Waals surface area contributed by atoms with E-state index in [4.69, 9.17) is 4.74 Å². The van der Waals surface area contributed by atoms with Crippen LogP contribution >= 0.6 is 0 Å². The van der Waals surface area contributed by atoms with Crippen molar-refractivity contribution in [3.05, 3.63) is 0 Å². The number of aliphatic hydroxyl groups excluding tert-OH is 1. The molecule has 1 spiro atoms. The number of nitrogens with zero attached hydrogens (tertiary/aromatic N) is 1. The molecule has 8 heteroatoms. The third-order valence-electron chi connectivity index (χ3n) is 11.2. The van der Waals surface area contributed by atoms with Crippen LogP contribution in [0.4, 0.5) is 9.18 Å². The molecule has 4 saturated carbocycles. The first-order valence-electron chi connectivity index (χ1n) is 13.2. The van der Waals surface area contributed by atoms with Crippen molar-refractivity contribution in [2.45, 2.75) is 71.0 Å². The van der Waals surface area contributed by atoms with Gasteiger partial charge in [0.2, 0.25) is 5.91 Å². The van der Waals surface area contributed by atoms with E-state index in [0.29, 0.717) is 19.4 Å². The van der Waals surface area contributed by atoms with Gasteiger partial charge in [0.25, 0.3) is 0 Å². The maximum absolute atomic E-state index is 14.5. The Bertz CT molecular complexity index is 929. The number of ketones is 1. The van der Waals surface area contributed by atoms with Gasteiger partial charge in [-0.15, -0.1) is 0 Å². The second kappa shape index (κ2) is 7.48. The van der Waals surface area contributed by atoms with Gasteiger partial charge in [0.15, 0.2) is 0 Å². The number of Topliss-reactive ketones (excluding diaryl/α,β-unsaturated/α-hetero) is 1. The number of amides is 2. The highest BCUT2D eigenvalue weighted by molar-refractivity contribution is 5.93. The van der Waals surface area contributed by atoms with E-state index in [2.05, 4.69) is 10.2 Å². The molecule has 6 rings (SSSR count). The van der Waals surface area contributed by atoms with Crippen LogP contribution in [-0.4, -0.2) is 66.3 Å². The predicted molar refractivity (Wildman–Crippen MR) is 120 cm³/mol. The molecule has 3 unspecified atom stereocenters. The molecule has 0 radical (unpaired) electrons. The Morgan fingerprint density at radius 1 is 1.24 bits per heavy atom. The number of ether oxygens (including phenoxy) is 1. The molecule has 2 aliphatic heterocycles. The summed E-state index contributed by atoms with van der Waals surface area (Å²) in [6, 6.07) is 0. The average molecular weight is 477 g/mol. The summed E-state index contributed by atoms with van der Waals surface area (Å²) < 4.78 is 20.5. The Morgan fingerprint density at radius 2 is 2.03 bits per heavy atom. The SMILES string of the molecule is C[C@H]1[C@H](O)[C@](C)(CF)C[C@@H](OC(=O)NC(=O)[C@H]2CN3CC[C@@H]2C3)[C@]23C[C@@H]2CCC12CCC(=O)C23. The summed E-state index contributed by atoms with van der Waals surface area (Å²) in [4.78, 5) is 41.4. The fourth-order valence-electron chi connectivity index (χ4n) is 9.27. The highest BCUT2D eigenvalue weighted by atomic mass is 19.1. The number of rotatable bonds is 3. The molecule has 4 bridgehead atoms. The Balaban J connectivity index is 1.29. The van der Waals surface area contributed by atoms with E-state index >= 15 is 0 Å². The third kappa shape index (κ3) is 2.96. The highest BCUT2D eigenvalue weighted by Crippen LogP contribution is 2.77. The van der Waals surface area contributed by atoms with Gasteiger partial charge in [0, 0.05) is 36.3 Å². The molecule has 188 valence electrons. The number of carbonyl (C=O) groups is 3. The molecule has 6 fully saturated rings. The molecule has 0 aromatic rings. The van der Waals surface area contributed by atoms with Crippen molar-refractivity contribution in [3.63, 3.8) is 0 Å². The van der Waals surface area contributed by atoms with Gasteiger partial charge < -0.3 is 14.7 Å². The summed E-state index contributed by atoms with van der Waals surface area (Å²) in [5.41, 5.74) is -1.94. The second-order valence-corrected chi connectivity index (χ2v) is 12.7. The molecule has 34 heavy (non-hydrogen) atoms. The van der Waals surface area contributed by atoms with Gasteiger partial charge in [-0.2, -0.15) is 0 Å². The van der Waals surface area contributed by atoms with Gasteiger partial charge in [0.1, 0.15) is 11.9 Å². The lowest BCUT2D eigenvalue weighted by molar-refractivity contribution is -0.166. The minimum Gasteiger partial charge on any atom is -0.445 e. The van der Waals surface area contributed by atoms with Crippen LogP contribution in [0.25, 0.3) is 0 Å². The van der Waals surface area contributed by atoms with Gasteiger partial charge in [0.05, 0.1) is 18.7 Å². The van der Waals surface area contributed by atoms with Crippen molar-refractivity contribution in [2.75, 3.05) is 26.3 Å². The zero-order chi connectivity index (χ0) is 24.0. The van der Waals surface area contributed by atoms with Crippen LogP contribution in [0.3, 0.4) is 0 Å². The third-order valence-corrected chi connectivity index (χ3v) is 11.2. The van der Waals surface area contributed by atoms with Crippen molar-refractivity contribution in [2.24, 2.45) is 45.8 Å². The number of piperidine rings is 1. The lowest BCUT2D eigenvalue weighted by Gasteiger charge is -2.55. The number of alkyl carbamates (subject to hydrolysis) is 1. The predicted octanol–water partition coefficient (Wildman–Crippen LogP) is 2.70. The minimum absolute atomic E-state index is 0.160. The molecule has 11 atom stereocenters. The first kappa shape index (κ1) is 22.9. The van der Waals surface area contributed by atoms with Crippen LogP contribution in [0.15, 0.2) is 0 Å². The molecule has 0 aromatic carbocycles. The van der Waals surface area contributed by atoms with E-state index < -0.39 is 35.8 Å². The van der Waals surface area contributed by atoms with E-state index in [0.717, 1.165) is 38.8 Å². The van der Waals surface area contributed by atoms with E-state index in [1.165, 1.54) is 0 Å². The molecule has 6 aliphatic rings. The van der Waals surface area contributed by atoms with Gasteiger partial charge in [-0.1, -0.05) is 13.8 Å². The standard InChI is InChI=1S/C26H37FN2O5/c1-14-21(31)24(2,13-27)10-19(26-9-16(26)3-6-25(14)7-4-18(30)20(25)26)34-23(33)28-22(32)17-12-29-8-5-15(17)11-29/h14-17,19-21,31H,3-13H2,1-2H3,(H,28,32,33)/t14-,15+,16-,17-,19+,20?,21-,24-,25?,26-/m0/s1. The van der Waals surface area contributed by atoms with Gasteiger partial charge in [-0.05, 0) is 68.2 Å². The Labute approximate surface area is 200 Å². The zero-order valence-corrected chi connectivity index (χ0v) is 20.2. The molecule has 2 heterocycles. The van der Waals surface area contributed by atoms with Crippen LogP contribution in [0.2, 0.25) is 0 Å². The van der Waals surface area contributed by atoms with Crippen molar-refractivity contribution < 1.29 is 28.6 Å². The summed E-state index contributed by atoms with van der Waals surface area (Å²) in [7, 11) is 0. The molecule has 0 aromatic heterocycles. The largest absolute Gasteiger partial charge is 0.445 e. The second-order valence-electron chi connectivity index (χ2n) is 12.7. The zero-order valence-electron chi connectivity index (χ0n) is 20.2. The smallest absolute Gasteiger partial charge is 0.414 e. The highest BCUT2D eigenvalue weighted by Gasteiger charge is 2.77. The number of fused-ring (bicyclic) bond motifs is 2. The van der Waals surface area contributed by atoms with Crippen LogP contribution in [0.1, 0.15) is 58.8 Å². The molecule has 4 aliphatic carbocycles. The summed E-state index contributed by atoms with van der Waals surface area (Å²) >= 11 is 0. The van der Waals surface area contributed by atoms with E-state index in [1.54, 1.807) is 6.92 Å². The van der Waals surface area contributed by atoms with Crippen molar-refractivity contribution in [1.29, 1.82) is 0 Å². The van der Waals surface area contributed by atoms with E-state index in [1.807, 2.05) is 6.92 Å². The quantitative estimate of drug-likeness (QED) is 0.650. The number of hydrogen-bond acceptors (Lipinski definition) is 6. The number of carbonyl (C=O) groups excluding carboxylic acids is 3. The van der Waals surface area contributed by atoms with E-state index in [9.17, 15) is 23.9 Å². The number of aliphatic hydroxyl groups is 1. The van der Waals surface area contributed by atoms with Gasteiger partial charge in [-0.3, -0.25) is 19.3 Å². The van der Waals surface area contributed by atoms with Crippen molar-refractivity contribution in [1.82, 2.24) is 10.2 Å². The molecular formula is C26H37FN2O5. The fourth-order valence-corrected chi connectivity index (χ4v) is 9.27. The minimum atomic E-state index is -1.08. The maximum Gasteiger partial charge on any atom is 0.414 e. The average Bonchev–Trinajstić information content (AvgIpc) is 3.09. The number of imide groups is 1. The maximum atomic E-state index is 14.5. The Morgan fingerprint density at radius 3 is 2.71 bits per heavy atom. The molecule has 2 amide bonds. The fraction of sp³-hybridized carbons (Fsp3) is 0.885. The van der Waals surface area contributed by atoms with Crippen LogP contribution in [0.5, 0.6) is 0 Å². The number of hydrogen-bond donors (Lipinski definition) is 2. The number of nitrogens with one attached hydrogen (secondary N) is 1. The first-order chi connectivity index (χ1) is 16.1. The van der Waals surface area contributed by atoms with Gasteiger partial charge in [-0.25, -0.2) is 4.79 Å². The number of halogens is 1. The Hall–Kier alpha value is -1.54. The normalized spacial score (nSPS) is 52.9. The first-order valence-corrected chi connectivity index (χ1v) is 13.2. The summed E-state index contributed by atoms with van der Waals surface area (Å²) in [6.45, 7) is 5.56. The molecular weight excluding hydrogens is 439 g/mol. The van der Waals surface area contributed by atoms with Crippen LogP contribution in [0, 0.1) is 45.8 Å². The monoisotopic (exact) mass is 476 g/mol. The lowest BCUT2D eigenvalue weighted by Crippen LogP contribution is -2.59. The molecule has 7 nitrogen and oxygen atoms in total. The summed E-state index contributed by atoms with van der Waals surface area (Å²) in [5.74, 6) is -0.223. The summed E-state index contributed by atoms with van der Waals surface area (Å²) in [5, 5.41) is 13.8. The molecule has 2 saturated heterocycles. The number of alkyl halides is 1. The van der Waals surface area contributed by atoms with Gasteiger partial charge >= 0.3 is 6.09 Å². The Kier molecular flexibility index (Phi) is 5.04. The lowest BCUT2D eigenvalue weighted by atomic mass is 9.50. The van der Waals surface area contributed by atoms with Crippen molar-refractivity contribution >= 4 is 17.8 Å². The summed E-state index contributed by atoms with van der Waals surface area (Å²) in [6.07, 6.45) is 2.48.